The van der Waals surface area contributed by atoms with Crippen LogP contribution in [-0.4, -0.2) is 35.5 Å². The maximum Gasteiger partial charge on any atom is 0.253 e. The summed E-state index contributed by atoms with van der Waals surface area (Å²) in [4.78, 5) is 25.4. The second kappa shape index (κ2) is 6.82. The number of rotatable bonds is 2. The third kappa shape index (κ3) is 3.47. The number of piperidine rings is 1. The molecule has 5 heteroatoms. The molecule has 4 rings (SSSR count). The van der Waals surface area contributed by atoms with Gasteiger partial charge >= 0.3 is 0 Å². The largest absolute Gasteiger partial charge is 0.338 e. The van der Waals surface area contributed by atoms with Gasteiger partial charge < -0.3 is 4.90 Å². The number of aliphatic imine (C=N–C) groups is 1. The van der Waals surface area contributed by atoms with Crippen LogP contribution in [-0.2, 0) is 4.84 Å². The maximum absolute atomic E-state index is 12.8. The molecule has 0 atom stereocenters. The Hall–Kier alpha value is -2.66. The average Bonchev–Trinajstić information content (AvgIpc) is 3.08. The number of hydrogen-bond acceptors (Lipinski definition) is 4. The highest BCUT2D eigenvalue weighted by molar-refractivity contribution is 5.99. The van der Waals surface area contributed by atoms with Gasteiger partial charge in [0.25, 0.3) is 5.91 Å². The van der Waals surface area contributed by atoms with Crippen LogP contribution in [0.4, 0.5) is 0 Å². The molecule has 5 nitrogen and oxygen atoms in total. The standard InChI is InChI=1S/C22H25N3O2/c1-15-4-7-18(8-5-15)20-23-22(27-24-20)10-12-25(13-11-22)21(26)19-9-6-16(2)17(3)14-19/h4-9,14H,10-13H2,1-3H3,(H,23,24). The highest BCUT2D eigenvalue weighted by Crippen LogP contribution is 2.31. The predicted molar refractivity (Wildman–Crippen MR) is 106 cm³/mol. The zero-order valence-corrected chi connectivity index (χ0v) is 16.1. The summed E-state index contributed by atoms with van der Waals surface area (Å²) in [6, 6.07) is 14.1. The summed E-state index contributed by atoms with van der Waals surface area (Å²) in [5, 5.41) is 0. The highest BCUT2D eigenvalue weighted by Gasteiger charge is 2.41. The molecule has 1 spiro atoms. The molecule has 2 aromatic rings. The third-order valence-electron chi connectivity index (χ3n) is 5.56. The number of carbonyl (C=O) groups is 1. The second-order valence-electron chi connectivity index (χ2n) is 7.57. The van der Waals surface area contributed by atoms with E-state index < -0.39 is 5.72 Å². The summed E-state index contributed by atoms with van der Waals surface area (Å²) in [6.07, 6.45) is 1.37. The quantitative estimate of drug-likeness (QED) is 0.888. The predicted octanol–water partition coefficient (Wildman–Crippen LogP) is 3.53. The van der Waals surface area contributed by atoms with Crippen LogP contribution in [0.3, 0.4) is 0 Å². The molecule has 140 valence electrons. The lowest BCUT2D eigenvalue weighted by molar-refractivity contribution is -0.0849. The van der Waals surface area contributed by atoms with E-state index in [1.165, 1.54) is 11.1 Å². The minimum Gasteiger partial charge on any atom is -0.338 e. The highest BCUT2D eigenvalue weighted by atomic mass is 16.7. The first-order valence-corrected chi connectivity index (χ1v) is 9.43. The monoisotopic (exact) mass is 363 g/mol. The van der Waals surface area contributed by atoms with E-state index in [2.05, 4.69) is 31.5 Å². The van der Waals surface area contributed by atoms with Crippen LogP contribution in [0.5, 0.6) is 0 Å². The molecular formula is C22H25N3O2. The molecule has 0 aromatic heterocycles. The summed E-state index contributed by atoms with van der Waals surface area (Å²) < 4.78 is 0. The van der Waals surface area contributed by atoms with Gasteiger partial charge in [-0.2, -0.15) is 0 Å². The van der Waals surface area contributed by atoms with Crippen LogP contribution in [0.15, 0.2) is 47.5 Å². The smallest absolute Gasteiger partial charge is 0.253 e. The van der Waals surface area contributed by atoms with Gasteiger partial charge in [0.1, 0.15) is 0 Å². The molecule has 0 bridgehead atoms. The van der Waals surface area contributed by atoms with Crippen LogP contribution in [0.1, 0.15) is 45.5 Å². The van der Waals surface area contributed by atoms with Gasteiger partial charge in [0.05, 0.1) is 0 Å². The fourth-order valence-corrected chi connectivity index (χ4v) is 3.56. The van der Waals surface area contributed by atoms with E-state index in [1.807, 2.05) is 42.2 Å². The first-order valence-electron chi connectivity index (χ1n) is 9.43. The molecule has 0 aliphatic carbocycles. The number of nitrogens with zero attached hydrogens (tertiary/aromatic N) is 2. The molecule has 2 heterocycles. The molecule has 1 N–H and O–H groups in total. The SMILES string of the molecule is Cc1ccc(C2=NC3(CCN(C(=O)c4ccc(C)c(C)c4)CC3)ON2)cc1. The Labute approximate surface area is 160 Å². The molecule has 0 saturated carbocycles. The van der Waals surface area contributed by atoms with E-state index in [1.54, 1.807) is 0 Å². The minimum absolute atomic E-state index is 0.0849. The van der Waals surface area contributed by atoms with Gasteiger partial charge in [0.15, 0.2) is 11.6 Å². The van der Waals surface area contributed by atoms with Gasteiger partial charge in [-0.15, -0.1) is 0 Å². The number of hydrogen-bond donors (Lipinski definition) is 1. The topological polar surface area (TPSA) is 53.9 Å². The molecule has 0 radical (unpaired) electrons. The van der Waals surface area contributed by atoms with E-state index in [0.717, 1.165) is 22.5 Å². The Bertz CT molecular complexity index is 894. The second-order valence-corrected chi connectivity index (χ2v) is 7.57. The van der Waals surface area contributed by atoms with Crippen molar-refractivity contribution in [3.8, 4) is 0 Å². The van der Waals surface area contributed by atoms with E-state index >= 15 is 0 Å². The van der Waals surface area contributed by atoms with E-state index in [4.69, 9.17) is 9.83 Å². The number of amides is 1. The van der Waals surface area contributed by atoms with Crippen molar-refractivity contribution in [3.05, 3.63) is 70.3 Å². The number of benzene rings is 2. The molecule has 1 saturated heterocycles. The fourth-order valence-electron chi connectivity index (χ4n) is 3.56. The zero-order chi connectivity index (χ0) is 19.0. The van der Waals surface area contributed by atoms with Crippen LogP contribution >= 0.6 is 0 Å². The van der Waals surface area contributed by atoms with Gasteiger partial charge in [0.2, 0.25) is 0 Å². The lowest BCUT2D eigenvalue weighted by atomic mass is 9.99. The number of likely N-dealkylation sites (tertiary alicyclic amines) is 1. The molecular weight excluding hydrogens is 338 g/mol. The molecule has 1 amide bonds. The molecule has 2 aliphatic rings. The number of nitrogens with one attached hydrogen (secondary N) is 1. The van der Waals surface area contributed by atoms with Crippen molar-refractivity contribution in [2.75, 3.05) is 13.1 Å². The van der Waals surface area contributed by atoms with Crippen molar-refractivity contribution in [2.45, 2.75) is 39.3 Å². The van der Waals surface area contributed by atoms with Crippen molar-refractivity contribution >= 4 is 11.7 Å². The Kier molecular flexibility index (Phi) is 4.48. The Balaban J connectivity index is 1.44. The lowest BCUT2D eigenvalue weighted by Crippen LogP contribution is -2.46. The van der Waals surface area contributed by atoms with Crippen LogP contribution in [0.25, 0.3) is 0 Å². The third-order valence-corrected chi connectivity index (χ3v) is 5.56. The molecule has 27 heavy (non-hydrogen) atoms. The summed E-state index contributed by atoms with van der Waals surface area (Å²) in [6.45, 7) is 7.43. The van der Waals surface area contributed by atoms with Crippen molar-refractivity contribution < 1.29 is 9.63 Å². The maximum atomic E-state index is 12.8. The van der Waals surface area contributed by atoms with Gasteiger partial charge in [-0.1, -0.05) is 35.9 Å². The van der Waals surface area contributed by atoms with Crippen LogP contribution < -0.4 is 5.48 Å². The van der Waals surface area contributed by atoms with Crippen molar-refractivity contribution in [1.29, 1.82) is 0 Å². The zero-order valence-electron chi connectivity index (χ0n) is 16.1. The molecule has 2 aromatic carbocycles. The summed E-state index contributed by atoms with van der Waals surface area (Å²) in [5.74, 6) is 0.852. The lowest BCUT2D eigenvalue weighted by Gasteiger charge is -2.35. The Morgan fingerprint density at radius 3 is 2.41 bits per heavy atom. The van der Waals surface area contributed by atoms with Gasteiger partial charge in [-0.3, -0.25) is 4.79 Å². The van der Waals surface area contributed by atoms with E-state index in [9.17, 15) is 4.79 Å². The summed E-state index contributed by atoms with van der Waals surface area (Å²) in [5.41, 5.74) is 7.75. The van der Waals surface area contributed by atoms with Gasteiger partial charge in [-0.25, -0.2) is 15.3 Å². The average molecular weight is 363 g/mol. The minimum atomic E-state index is -0.569. The number of hydroxylamine groups is 1. The van der Waals surface area contributed by atoms with Crippen molar-refractivity contribution in [1.82, 2.24) is 10.4 Å². The molecule has 0 unspecified atom stereocenters. The molecule has 2 aliphatic heterocycles. The van der Waals surface area contributed by atoms with Crippen LogP contribution in [0.2, 0.25) is 0 Å². The number of amidine groups is 1. The summed E-state index contributed by atoms with van der Waals surface area (Å²) in [7, 11) is 0. The van der Waals surface area contributed by atoms with Crippen LogP contribution in [0, 0.1) is 20.8 Å². The fraction of sp³-hybridized carbons (Fsp3) is 0.364. The first kappa shape index (κ1) is 17.7. The Morgan fingerprint density at radius 2 is 1.74 bits per heavy atom. The van der Waals surface area contributed by atoms with Crippen molar-refractivity contribution in [3.63, 3.8) is 0 Å². The van der Waals surface area contributed by atoms with Crippen molar-refractivity contribution in [2.24, 2.45) is 4.99 Å². The normalized spacial score (nSPS) is 18.3. The molecule has 1 fully saturated rings. The first-order chi connectivity index (χ1) is 13.0. The Morgan fingerprint density at radius 1 is 1.04 bits per heavy atom. The number of aryl methyl sites for hydroxylation is 3. The summed E-state index contributed by atoms with van der Waals surface area (Å²) >= 11 is 0. The number of carbonyl (C=O) groups excluding carboxylic acids is 1. The van der Waals surface area contributed by atoms with Gasteiger partial charge in [0, 0.05) is 37.1 Å². The van der Waals surface area contributed by atoms with E-state index in [-0.39, 0.29) is 5.91 Å². The van der Waals surface area contributed by atoms with E-state index in [0.29, 0.717) is 25.9 Å². The van der Waals surface area contributed by atoms with Gasteiger partial charge in [-0.05, 0) is 44.0 Å².